The molecule has 0 aromatic carbocycles. The molecular weight excluding hydrogens is 234 g/mol. The summed E-state index contributed by atoms with van der Waals surface area (Å²) in [6.45, 7) is 5.27. The number of hydrogen-bond acceptors (Lipinski definition) is 3. The first kappa shape index (κ1) is 14.2. The maximum Gasteiger partial charge on any atom is 0.356 e. The average Bonchev–Trinajstić information content (AvgIpc) is 2.74. The summed E-state index contributed by atoms with van der Waals surface area (Å²) in [6.07, 6.45) is 2.82. The van der Waals surface area contributed by atoms with E-state index >= 15 is 0 Å². The molecule has 0 radical (unpaired) electrons. The van der Waals surface area contributed by atoms with Gasteiger partial charge < -0.3 is 10.4 Å². The maximum absolute atomic E-state index is 11.5. The van der Waals surface area contributed by atoms with Gasteiger partial charge in [0.1, 0.15) is 0 Å². The van der Waals surface area contributed by atoms with Crippen molar-refractivity contribution >= 4 is 11.9 Å². The minimum Gasteiger partial charge on any atom is -0.476 e. The van der Waals surface area contributed by atoms with Crippen LogP contribution in [0.15, 0.2) is 12.3 Å². The van der Waals surface area contributed by atoms with E-state index in [0.29, 0.717) is 25.4 Å². The lowest BCUT2D eigenvalue weighted by molar-refractivity contribution is -0.121. The zero-order valence-electron chi connectivity index (χ0n) is 10.7. The van der Waals surface area contributed by atoms with Crippen molar-refractivity contribution in [2.75, 3.05) is 6.54 Å². The highest BCUT2D eigenvalue weighted by Crippen LogP contribution is 1.98. The van der Waals surface area contributed by atoms with Crippen LogP contribution in [0.1, 0.15) is 37.2 Å². The second kappa shape index (κ2) is 6.78. The van der Waals surface area contributed by atoms with Crippen molar-refractivity contribution in [3.05, 3.63) is 18.0 Å². The van der Waals surface area contributed by atoms with E-state index in [1.54, 1.807) is 6.20 Å². The van der Waals surface area contributed by atoms with E-state index < -0.39 is 5.97 Å². The molecule has 0 saturated carbocycles. The number of carbonyl (C=O) groups is 2. The second-order valence-electron chi connectivity index (χ2n) is 4.55. The molecule has 0 aliphatic rings. The smallest absolute Gasteiger partial charge is 0.356 e. The molecule has 0 fully saturated rings. The molecule has 1 rings (SSSR count). The van der Waals surface area contributed by atoms with Gasteiger partial charge in [-0.3, -0.25) is 9.48 Å². The van der Waals surface area contributed by atoms with Crippen LogP contribution in [0.3, 0.4) is 0 Å². The fourth-order valence-electron chi connectivity index (χ4n) is 1.41. The summed E-state index contributed by atoms with van der Waals surface area (Å²) in [5.41, 5.74) is -0.00443. The molecular formula is C12H19N3O3. The minimum atomic E-state index is -1.06. The van der Waals surface area contributed by atoms with Gasteiger partial charge >= 0.3 is 5.97 Å². The lowest BCUT2D eigenvalue weighted by Crippen LogP contribution is -2.26. The predicted molar refractivity (Wildman–Crippen MR) is 66.3 cm³/mol. The molecule has 1 aromatic heterocycles. The summed E-state index contributed by atoms with van der Waals surface area (Å²) < 4.78 is 1.46. The molecule has 2 N–H and O–H groups in total. The van der Waals surface area contributed by atoms with Crippen LogP contribution in [-0.4, -0.2) is 33.3 Å². The fourth-order valence-corrected chi connectivity index (χ4v) is 1.41. The third-order valence-electron chi connectivity index (χ3n) is 2.47. The van der Waals surface area contributed by atoms with Gasteiger partial charge in [-0.2, -0.15) is 5.10 Å². The van der Waals surface area contributed by atoms with Gasteiger partial charge in [0.15, 0.2) is 5.69 Å². The first-order chi connectivity index (χ1) is 8.49. The van der Waals surface area contributed by atoms with Gasteiger partial charge in [0.05, 0.1) is 0 Å². The molecule has 6 nitrogen and oxygen atoms in total. The highest BCUT2D eigenvalue weighted by atomic mass is 16.4. The van der Waals surface area contributed by atoms with E-state index in [4.69, 9.17) is 5.11 Å². The Balaban J connectivity index is 2.27. The molecule has 0 bridgehead atoms. The SMILES string of the molecule is CC(C)CCNC(=O)CCn1ccc(C(=O)O)n1. The zero-order chi connectivity index (χ0) is 13.5. The van der Waals surface area contributed by atoms with E-state index in [9.17, 15) is 9.59 Å². The summed E-state index contributed by atoms with van der Waals surface area (Å²) in [5, 5.41) is 15.3. The van der Waals surface area contributed by atoms with Gasteiger partial charge in [-0.15, -0.1) is 0 Å². The summed E-state index contributed by atoms with van der Waals surface area (Å²) >= 11 is 0. The van der Waals surface area contributed by atoms with Gasteiger partial charge in [0, 0.05) is 25.7 Å². The standard InChI is InChI=1S/C12H19N3O3/c1-9(2)3-6-13-11(16)5-8-15-7-4-10(14-15)12(17)18/h4,7,9H,3,5-6,8H2,1-2H3,(H,13,16)(H,17,18). The van der Waals surface area contributed by atoms with Gasteiger partial charge in [0.2, 0.25) is 5.91 Å². The Hall–Kier alpha value is -1.85. The van der Waals surface area contributed by atoms with Crippen molar-refractivity contribution in [3.8, 4) is 0 Å². The van der Waals surface area contributed by atoms with Crippen molar-refractivity contribution in [2.45, 2.75) is 33.2 Å². The van der Waals surface area contributed by atoms with Crippen LogP contribution in [0, 0.1) is 5.92 Å². The molecule has 0 aliphatic carbocycles. The van der Waals surface area contributed by atoms with Gasteiger partial charge in [0.25, 0.3) is 0 Å². The predicted octanol–water partition coefficient (Wildman–Crippen LogP) is 1.13. The van der Waals surface area contributed by atoms with Crippen molar-refractivity contribution in [3.63, 3.8) is 0 Å². The van der Waals surface area contributed by atoms with E-state index in [1.807, 2.05) is 0 Å². The van der Waals surface area contributed by atoms with Gasteiger partial charge in [-0.05, 0) is 18.4 Å². The molecule has 0 unspecified atom stereocenters. The topological polar surface area (TPSA) is 84.2 Å². The number of amides is 1. The number of aryl methyl sites for hydroxylation is 1. The third-order valence-corrected chi connectivity index (χ3v) is 2.47. The zero-order valence-corrected chi connectivity index (χ0v) is 10.7. The molecule has 0 spiro atoms. The fraction of sp³-hybridized carbons (Fsp3) is 0.583. The normalized spacial score (nSPS) is 10.6. The Bertz CT molecular complexity index is 412. The number of nitrogens with zero attached hydrogens (tertiary/aromatic N) is 2. The highest BCUT2D eigenvalue weighted by Gasteiger charge is 2.07. The second-order valence-corrected chi connectivity index (χ2v) is 4.55. The van der Waals surface area contributed by atoms with Crippen molar-refractivity contribution < 1.29 is 14.7 Å². The third kappa shape index (κ3) is 4.99. The highest BCUT2D eigenvalue weighted by molar-refractivity contribution is 5.85. The van der Waals surface area contributed by atoms with E-state index in [0.717, 1.165) is 6.42 Å². The van der Waals surface area contributed by atoms with Crippen LogP contribution in [0.25, 0.3) is 0 Å². The molecule has 1 heterocycles. The van der Waals surface area contributed by atoms with E-state index in [-0.39, 0.29) is 11.6 Å². The van der Waals surface area contributed by atoms with E-state index in [1.165, 1.54) is 10.7 Å². The number of carboxylic acid groups (broad SMARTS) is 1. The largest absolute Gasteiger partial charge is 0.476 e. The number of aromatic carboxylic acids is 1. The summed E-state index contributed by atoms with van der Waals surface area (Å²) in [6, 6.07) is 1.42. The molecule has 18 heavy (non-hydrogen) atoms. The lowest BCUT2D eigenvalue weighted by atomic mass is 10.1. The molecule has 0 saturated heterocycles. The molecule has 6 heteroatoms. The number of aromatic nitrogens is 2. The quantitative estimate of drug-likeness (QED) is 0.763. The summed E-state index contributed by atoms with van der Waals surface area (Å²) in [7, 11) is 0. The number of carbonyl (C=O) groups excluding carboxylic acids is 1. The first-order valence-electron chi connectivity index (χ1n) is 6.02. The maximum atomic E-state index is 11.5. The van der Waals surface area contributed by atoms with Crippen LogP contribution in [0.4, 0.5) is 0 Å². The van der Waals surface area contributed by atoms with Crippen molar-refractivity contribution in [2.24, 2.45) is 5.92 Å². The van der Waals surface area contributed by atoms with Crippen LogP contribution >= 0.6 is 0 Å². The minimum absolute atomic E-state index is 0.00443. The Kier molecular flexibility index (Phi) is 5.35. The first-order valence-corrected chi connectivity index (χ1v) is 6.02. The van der Waals surface area contributed by atoms with Crippen molar-refractivity contribution in [1.29, 1.82) is 0 Å². The molecule has 1 aromatic rings. The van der Waals surface area contributed by atoms with Gasteiger partial charge in [-0.25, -0.2) is 4.79 Å². The Morgan fingerprint density at radius 3 is 2.78 bits per heavy atom. The summed E-state index contributed by atoms with van der Waals surface area (Å²) in [5.74, 6) is -0.535. The average molecular weight is 253 g/mol. The number of rotatable bonds is 7. The lowest BCUT2D eigenvalue weighted by Gasteiger charge is -2.07. The number of nitrogens with one attached hydrogen (secondary N) is 1. The Morgan fingerprint density at radius 2 is 2.22 bits per heavy atom. The summed E-state index contributed by atoms with van der Waals surface area (Å²) in [4.78, 5) is 22.1. The number of hydrogen-bond donors (Lipinski definition) is 2. The Morgan fingerprint density at radius 1 is 1.50 bits per heavy atom. The van der Waals surface area contributed by atoms with Crippen LogP contribution < -0.4 is 5.32 Å². The monoisotopic (exact) mass is 253 g/mol. The van der Waals surface area contributed by atoms with Crippen LogP contribution in [0.2, 0.25) is 0 Å². The van der Waals surface area contributed by atoms with Crippen LogP contribution in [0.5, 0.6) is 0 Å². The molecule has 100 valence electrons. The molecule has 0 atom stereocenters. The van der Waals surface area contributed by atoms with E-state index in [2.05, 4.69) is 24.3 Å². The molecule has 1 amide bonds. The molecule has 0 aliphatic heterocycles. The Labute approximate surface area is 106 Å². The van der Waals surface area contributed by atoms with Crippen molar-refractivity contribution in [1.82, 2.24) is 15.1 Å². The van der Waals surface area contributed by atoms with Crippen LogP contribution in [-0.2, 0) is 11.3 Å². The van der Waals surface area contributed by atoms with Gasteiger partial charge in [-0.1, -0.05) is 13.8 Å². The number of carboxylic acids is 1.